The van der Waals surface area contributed by atoms with Gasteiger partial charge in [-0.05, 0) is 36.1 Å². The van der Waals surface area contributed by atoms with Crippen molar-refractivity contribution < 1.29 is 24.2 Å². The summed E-state index contributed by atoms with van der Waals surface area (Å²) in [4.78, 5) is 25.2. The SMILES string of the molecule is O=C(NC(Cc1ccccc1)C(=O)NCCCCOc1cccc(O)c1)OCc1ccccc1. The Bertz CT molecular complexity index is 1030. The Morgan fingerprint density at radius 3 is 2.26 bits per heavy atom. The van der Waals surface area contributed by atoms with Gasteiger partial charge >= 0.3 is 6.09 Å². The molecule has 2 amide bonds. The first-order chi connectivity index (χ1) is 16.6. The molecule has 7 heteroatoms. The van der Waals surface area contributed by atoms with Gasteiger partial charge in [-0.3, -0.25) is 4.79 Å². The number of benzene rings is 3. The molecule has 178 valence electrons. The number of phenols is 1. The number of rotatable bonds is 12. The van der Waals surface area contributed by atoms with E-state index in [1.807, 2.05) is 60.7 Å². The highest BCUT2D eigenvalue weighted by Gasteiger charge is 2.21. The predicted molar refractivity (Wildman–Crippen MR) is 130 cm³/mol. The van der Waals surface area contributed by atoms with Gasteiger partial charge in [0.05, 0.1) is 6.61 Å². The highest BCUT2D eigenvalue weighted by molar-refractivity contribution is 5.85. The maximum Gasteiger partial charge on any atom is 0.408 e. The highest BCUT2D eigenvalue weighted by Crippen LogP contribution is 2.17. The lowest BCUT2D eigenvalue weighted by Crippen LogP contribution is -2.48. The van der Waals surface area contributed by atoms with Gasteiger partial charge in [-0.25, -0.2) is 4.79 Å². The lowest BCUT2D eigenvalue weighted by atomic mass is 10.1. The number of phenolic OH excluding ortho intramolecular Hbond substituents is 1. The Kier molecular flexibility index (Phi) is 9.80. The number of alkyl carbamates (subject to hydrolysis) is 1. The largest absolute Gasteiger partial charge is 0.508 e. The molecule has 7 nitrogen and oxygen atoms in total. The minimum Gasteiger partial charge on any atom is -0.508 e. The quantitative estimate of drug-likeness (QED) is 0.351. The van der Waals surface area contributed by atoms with Crippen molar-refractivity contribution in [2.75, 3.05) is 13.2 Å². The smallest absolute Gasteiger partial charge is 0.408 e. The van der Waals surface area contributed by atoms with E-state index in [0.29, 0.717) is 31.7 Å². The topological polar surface area (TPSA) is 96.9 Å². The summed E-state index contributed by atoms with van der Waals surface area (Å²) in [6.45, 7) is 1.05. The monoisotopic (exact) mass is 462 g/mol. The Hall–Kier alpha value is -4.00. The van der Waals surface area contributed by atoms with E-state index < -0.39 is 12.1 Å². The van der Waals surface area contributed by atoms with E-state index in [0.717, 1.165) is 17.5 Å². The van der Waals surface area contributed by atoms with E-state index >= 15 is 0 Å². The third-order valence-corrected chi connectivity index (χ3v) is 5.06. The zero-order valence-corrected chi connectivity index (χ0v) is 19.0. The van der Waals surface area contributed by atoms with Crippen LogP contribution in [0.2, 0.25) is 0 Å². The van der Waals surface area contributed by atoms with E-state index in [4.69, 9.17) is 9.47 Å². The molecule has 0 radical (unpaired) electrons. The van der Waals surface area contributed by atoms with E-state index in [1.54, 1.807) is 24.3 Å². The molecule has 1 unspecified atom stereocenters. The molecule has 0 aromatic heterocycles. The number of hydrogen-bond acceptors (Lipinski definition) is 5. The van der Waals surface area contributed by atoms with Crippen molar-refractivity contribution in [1.82, 2.24) is 10.6 Å². The van der Waals surface area contributed by atoms with E-state index in [-0.39, 0.29) is 18.3 Å². The van der Waals surface area contributed by atoms with E-state index in [1.165, 1.54) is 0 Å². The van der Waals surface area contributed by atoms with Crippen LogP contribution in [0.1, 0.15) is 24.0 Å². The summed E-state index contributed by atoms with van der Waals surface area (Å²) in [7, 11) is 0. The van der Waals surface area contributed by atoms with Gasteiger partial charge in [0.1, 0.15) is 24.1 Å². The van der Waals surface area contributed by atoms with Gasteiger partial charge in [0.25, 0.3) is 0 Å². The molecular weight excluding hydrogens is 432 g/mol. The molecule has 3 aromatic rings. The maximum atomic E-state index is 12.8. The fourth-order valence-corrected chi connectivity index (χ4v) is 3.29. The first kappa shape index (κ1) is 24.6. The Morgan fingerprint density at radius 1 is 0.853 bits per heavy atom. The molecule has 0 aliphatic rings. The third kappa shape index (κ3) is 8.86. The Morgan fingerprint density at radius 2 is 1.56 bits per heavy atom. The van der Waals surface area contributed by atoms with Crippen LogP contribution in [0, 0.1) is 0 Å². The molecule has 0 spiro atoms. The molecule has 3 aromatic carbocycles. The molecule has 0 saturated heterocycles. The zero-order valence-electron chi connectivity index (χ0n) is 19.0. The normalized spacial score (nSPS) is 11.3. The van der Waals surface area contributed by atoms with Crippen LogP contribution in [0.15, 0.2) is 84.9 Å². The Balaban J connectivity index is 1.44. The molecule has 0 bridgehead atoms. The molecule has 1 atom stereocenters. The zero-order chi connectivity index (χ0) is 24.0. The number of carbonyl (C=O) groups excluding carboxylic acids is 2. The van der Waals surface area contributed by atoms with Gasteiger partial charge in [-0.1, -0.05) is 66.7 Å². The second-order valence-corrected chi connectivity index (χ2v) is 7.79. The van der Waals surface area contributed by atoms with E-state index in [9.17, 15) is 14.7 Å². The molecular formula is C27H30N2O5. The molecule has 34 heavy (non-hydrogen) atoms. The van der Waals surface area contributed by atoms with Crippen molar-refractivity contribution in [1.29, 1.82) is 0 Å². The average Bonchev–Trinajstić information content (AvgIpc) is 2.85. The predicted octanol–water partition coefficient (Wildman–Crippen LogP) is 4.21. The summed E-state index contributed by atoms with van der Waals surface area (Å²) in [5.41, 5.74) is 1.81. The van der Waals surface area contributed by atoms with Crippen LogP contribution >= 0.6 is 0 Å². The fraction of sp³-hybridized carbons (Fsp3) is 0.259. The van der Waals surface area contributed by atoms with Gasteiger partial charge in [0, 0.05) is 19.0 Å². The van der Waals surface area contributed by atoms with Crippen molar-refractivity contribution in [2.24, 2.45) is 0 Å². The van der Waals surface area contributed by atoms with Crippen molar-refractivity contribution in [3.05, 3.63) is 96.1 Å². The molecule has 3 rings (SSSR count). The molecule has 0 heterocycles. The first-order valence-electron chi connectivity index (χ1n) is 11.3. The van der Waals surface area contributed by atoms with Crippen LogP contribution in [-0.4, -0.2) is 36.3 Å². The summed E-state index contributed by atoms with van der Waals surface area (Å²) >= 11 is 0. The fourth-order valence-electron chi connectivity index (χ4n) is 3.29. The summed E-state index contributed by atoms with van der Waals surface area (Å²) in [5.74, 6) is 0.489. The standard InChI is InChI=1S/C27H30N2O5/c30-23-14-9-15-24(19-23)33-17-8-7-16-28-26(31)25(18-21-10-3-1-4-11-21)29-27(32)34-20-22-12-5-2-6-13-22/h1-6,9-15,19,25,30H,7-8,16-18,20H2,(H,28,31)(H,29,32). The lowest BCUT2D eigenvalue weighted by Gasteiger charge is -2.18. The van der Waals surface area contributed by atoms with Crippen LogP contribution in [-0.2, 0) is 22.6 Å². The minimum absolute atomic E-state index is 0.130. The molecule has 3 N–H and O–H groups in total. The number of ether oxygens (including phenoxy) is 2. The number of amides is 2. The second kappa shape index (κ2) is 13.5. The third-order valence-electron chi connectivity index (χ3n) is 5.06. The van der Waals surface area contributed by atoms with Crippen LogP contribution < -0.4 is 15.4 Å². The van der Waals surface area contributed by atoms with Gasteiger partial charge < -0.3 is 25.2 Å². The summed E-state index contributed by atoms with van der Waals surface area (Å²) in [6.07, 6.45) is 1.15. The van der Waals surface area contributed by atoms with Crippen LogP contribution in [0.25, 0.3) is 0 Å². The molecule has 0 aliphatic carbocycles. The minimum atomic E-state index is -0.755. The average molecular weight is 463 g/mol. The summed E-state index contributed by atoms with van der Waals surface area (Å²) in [6, 6.07) is 24.8. The first-order valence-corrected chi connectivity index (χ1v) is 11.3. The van der Waals surface area contributed by atoms with Crippen LogP contribution in [0.3, 0.4) is 0 Å². The van der Waals surface area contributed by atoms with E-state index in [2.05, 4.69) is 10.6 Å². The van der Waals surface area contributed by atoms with Crippen LogP contribution in [0.5, 0.6) is 11.5 Å². The van der Waals surface area contributed by atoms with Crippen molar-refractivity contribution in [3.8, 4) is 11.5 Å². The van der Waals surface area contributed by atoms with Crippen molar-refractivity contribution in [3.63, 3.8) is 0 Å². The van der Waals surface area contributed by atoms with Gasteiger partial charge in [0.15, 0.2) is 0 Å². The number of aromatic hydroxyl groups is 1. The molecule has 0 aliphatic heterocycles. The summed E-state index contributed by atoms with van der Waals surface area (Å²) < 4.78 is 10.9. The van der Waals surface area contributed by atoms with Gasteiger partial charge in [-0.15, -0.1) is 0 Å². The van der Waals surface area contributed by atoms with Crippen molar-refractivity contribution >= 4 is 12.0 Å². The Labute approximate surface area is 199 Å². The number of unbranched alkanes of at least 4 members (excludes halogenated alkanes) is 1. The van der Waals surface area contributed by atoms with Gasteiger partial charge in [0.2, 0.25) is 5.91 Å². The maximum absolute atomic E-state index is 12.8. The molecule has 0 fully saturated rings. The summed E-state index contributed by atoms with van der Waals surface area (Å²) in [5, 5.41) is 15.0. The highest BCUT2D eigenvalue weighted by atomic mass is 16.5. The number of carbonyl (C=O) groups is 2. The van der Waals surface area contributed by atoms with Crippen LogP contribution in [0.4, 0.5) is 4.79 Å². The number of nitrogens with one attached hydrogen (secondary N) is 2. The lowest BCUT2D eigenvalue weighted by molar-refractivity contribution is -0.123. The second-order valence-electron chi connectivity index (χ2n) is 7.79. The van der Waals surface area contributed by atoms with Crippen molar-refractivity contribution in [2.45, 2.75) is 31.9 Å². The molecule has 0 saturated carbocycles. The van der Waals surface area contributed by atoms with Gasteiger partial charge in [-0.2, -0.15) is 0 Å². The number of hydrogen-bond donors (Lipinski definition) is 3.